The van der Waals surface area contributed by atoms with Crippen LogP contribution < -0.4 is 10.5 Å². The summed E-state index contributed by atoms with van der Waals surface area (Å²) in [5, 5.41) is 0.836. The van der Waals surface area contributed by atoms with Crippen LogP contribution in [-0.4, -0.2) is 17.1 Å². The Hall–Kier alpha value is -2.05. The van der Waals surface area contributed by atoms with E-state index in [1.165, 1.54) is 30.6 Å². The molecule has 0 radical (unpaired) electrons. The van der Waals surface area contributed by atoms with E-state index in [4.69, 9.17) is 10.5 Å². The minimum atomic E-state index is -0.445. The first kappa shape index (κ1) is 13.0. The number of rotatable bonds is 3. The van der Waals surface area contributed by atoms with Crippen molar-refractivity contribution in [1.82, 2.24) is 9.97 Å². The number of ether oxygens (including phenoxy) is 1. The van der Waals surface area contributed by atoms with Crippen molar-refractivity contribution < 1.29 is 9.13 Å². The van der Waals surface area contributed by atoms with Gasteiger partial charge >= 0.3 is 0 Å². The van der Waals surface area contributed by atoms with Crippen molar-refractivity contribution in [3.63, 3.8) is 0 Å². The molecule has 0 aliphatic carbocycles. The molecule has 6 heteroatoms. The molecule has 0 spiro atoms. The van der Waals surface area contributed by atoms with Gasteiger partial charge < -0.3 is 10.5 Å². The molecular formula is C14H12FN3OS. The molecule has 1 aromatic carbocycles. The highest BCUT2D eigenvalue weighted by atomic mass is 32.1. The third-order valence-corrected chi connectivity index (χ3v) is 4.18. The van der Waals surface area contributed by atoms with Crippen LogP contribution in [0.1, 0.15) is 16.6 Å². The molecule has 1 atom stereocenters. The van der Waals surface area contributed by atoms with Crippen molar-refractivity contribution in [3.8, 4) is 5.88 Å². The lowest BCUT2D eigenvalue weighted by Gasteiger charge is -2.11. The smallest absolute Gasteiger partial charge is 0.237 e. The first-order valence-corrected chi connectivity index (χ1v) is 6.80. The number of hydrogen-bond donors (Lipinski definition) is 1. The lowest BCUT2D eigenvalue weighted by molar-refractivity contribution is 0.387. The van der Waals surface area contributed by atoms with E-state index in [0.717, 1.165) is 15.0 Å². The Morgan fingerprint density at radius 3 is 2.85 bits per heavy atom. The third-order valence-electron chi connectivity index (χ3n) is 2.98. The zero-order valence-electron chi connectivity index (χ0n) is 10.7. The Labute approximate surface area is 119 Å². The van der Waals surface area contributed by atoms with E-state index >= 15 is 0 Å². The van der Waals surface area contributed by atoms with Crippen LogP contribution in [0.4, 0.5) is 4.39 Å². The van der Waals surface area contributed by atoms with Gasteiger partial charge in [0.05, 0.1) is 13.2 Å². The van der Waals surface area contributed by atoms with Crippen molar-refractivity contribution in [2.24, 2.45) is 5.73 Å². The molecule has 0 aliphatic rings. The Morgan fingerprint density at radius 1 is 1.25 bits per heavy atom. The van der Waals surface area contributed by atoms with Crippen LogP contribution in [0, 0.1) is 5.82 Å². The van der Waals surface area contributed by atoms with Crippen LogP contribution >= 0.6 is 11.3 Å². The molecule has 1 unspecified atom stereocenters. The van der Waals surface area contributed by atoms with Gasteiger partial charge in [-0.3, -0.25) is 4.98 Å². The van der Waals surface area contributed by atoms with Crippen molar-refractivity contribution in [1.29, 1.82) is 0 Å². The number of benzene rings is 1. The topological polar surface area (TPSA) is 61.0 Å². The van der Waals surface area contributed by atoms with E-state index in [1.807, 2.05) is 6.07 Å². The first-order chi connectivity index (χ1) is 9.69. The van der Waals surface area contributed by atoms with Gasteiger partial charge in [0.1, 0.15) is 11.5 Å². The number of nitrogens with zero attached hydrogens (tertiary/aromatic N) is 2. The van der Waals surface area contributed by atoms with Gasteiger partial charge in [-0.1, -0.05) is 0 Å². The second-order valence-corrected chi connectivity index (χ2v) is 5.37. The van der Waals surface area contributed by atoms with Crippen molar-refractivity contribution in [2.75, 3.05) is 7.11 Å². The molecule has 0 saturated heterocycles. The molecule has 0 saturated carbocycles. The zero-order chi connectivity index (χ0) is 14.1. The SMILES string of the molecule is COc1nccnc1C(N)c1cc2cc(F)ccc2s1. The van der Waals surface area contributed by atoms with E-state index in [9.17, 15) is 4.39 Å². The van der Waals surface area contributed by atoms with E-state index in [-0.39, 0.29) is 5.82 Å². The van der Waals surface area contributed by atoms with Gasteiger partial charge in [-0.15, -0.1) is 11.3 Å². The largest absolute Gasteiger partial charge is 0.480 e. The third kappa shape index (κ3) is 2.23. The van der Waals surface area contributed by atoms with Crippen molar-refractivity contribution >= 4 is 21.4 Å². The summed E-state index contributed by atoms with van der Waals surface area (Å²) in [6.07, 6.45) is 3.13. The minimum absolute atomic E-state index is 0.257. The van der Waals surface area contributed by atoms with Crippen LogP contribution in [0.5, 0.6) is 5.88 Å². The number of methoxy groups -OCH3 is 1. The normalized spacial score (nSPS) is 12.6. The molecule has 2 heterocycles. The molecule has 2 N–H and O–H groups in total. The summed E-state index contributed by atoms with van der Waals surface area (Å²) in [6.45, 7) is 0. The summed E-state index contributed by atoms with van der Waals surface area (Å²) in [4.78, 5) is 9.22. The summed E-state index contributed by atoms with van der Waals surface area (Å²) in [5.74, 6) is 0.149. The lowest BCUT2D eigenvalue weighted by Crippen LogP contribution is -2.14. The maximum Gasteiger partial charge on any atom is 0.237 e. The maximum atomic E-state index is 13.2. The van der Waals surface area contributed by atoms with Crippen molar-refractivity contribution in [2.45, 2.75) is 6.04 Å². The van der Waals surface area contributed by atoms with Gasteiger partial charge in [-0.2, -0.15) is 0 Å². The highest BCUT2D eigenvalue weighted by Crippen LogP contribution is 2.33. The highest BCUT2D eigenvalue weighted by molar-refractivity contribution is 7.19. The Kier molecular flexibility index (Phi) is 3.33. The molecule has 3 rings (SSSR count). The number of halogens is 1. The molecule has 0 bridgehead atoms. The predicted octanol–water partition coefficient (Wildman–Crippen LogP) is 2.89. The molecule has 0 fully saturated rings. The van der Waals surface area contributed by atoms with Crippen molar-refractivity contribution in [3.05, 3.63) is 53.0 Å². The average Bonchev–Trinajstić information content (AvgIpc) is 2.89. The van der Waals surface area contributed by atoms with E-state index in [2.05, 4.69) is 9.97 Å². The Bertz CT molecular complexity index is 759. The van der Waals surface area contributed by atoms with Crippen LogP contribution in [0.3, 0.4) is 0 Å². The summed E-state index contributed by atoms with van der Waals surface area (Å²) >= 11 is 1.51. The average molecular weight is 289 g/mol. The second-order valence-electron chi connectivity index (χ2n) is 4.26. The molecule has 2 aromatic heterocycles. The van der Waals surface area contributed by atoms with Gasteiger partial charge in [-0.05, 0) is 29.7 Å². The molecule has 20 heavy (non-hydrogen) atoms. The predicted molar refractivity (Wildman–Crippen MR) is 76.4 cm³/mol. The van der Waals surface area contributed by atoms with Gasteiger partial charge in [0.2, 0.25) is 5.88 Å². The quantitative estimate of drug-likeness (QED) is 0.805. The maximum absolute atomic E-state index is 13.2. The molecule has 102 valence electrons. The number of hydrogen-bond acceptors (Lipinski definition) is 5. The summed E-state index contributed by atoms with van der Waals surface area (Å²) in [5.41, 5.74) is 6.80. The zero-order valence-corrected chi connectivity index (χ0v) is 11.5. The van der Waals surface area contributed by atoms with E-state index in [0.29, 0.717) is 11.6 Å². The summed E-state index contributed by atoms with van der Waals surface area (Å²) in [6, 6.07) is 6.12. The fourth-order valence-electron chi connectivity index (χ4n) is 2.03. The summed E-state index contributed by atoms with van der Waals surface area (Å²) in [7, 11) is 1.53. The lowest BCUT2D eigenvalue weighted by atomic mass is 10.1. The molecule has 0 aliphatic heterocycles. The fourth-order valence-corrected chi connectivity index (χ4v) is 3.08. The highest BCUT2D eigenvalue weighted by Gasteiger charge is 2.18. The number of fused-ring (bicyclic) bond motifs is 1. The van der Waals surface area contributed by atoms with Crippen LogP contribution in [-0.2, 0) is 0 Å². The molecular weight excluding hydrogens is 277 g/mol. The van der Waals surface area contributed by atoms with Gasteiger partial charge in [-0.25, -0.2) is 9.37 Å². The van der Waals surface area contributed by atoms with Gasteiger partial charge in [0.25, 0.3) is 0 Å². The minimum Gasteiger partial charge on any atom is -0.480 e. The van der Waals surface area contributed by atoms with Crippen LogP contribution in [0.15, 0.2) is 36.7 Å². The summed E-state index contributed by atoms with van der Waals surface area (Å²) < 4.78 is 19.4. The number of thiophene rings is 1. The molecule has 0 amide bonds. The van der Waals surface area contributed by atoms with Gasteiger partial charge in [0.15, 0.2) is 0 Å². The Balaban J connectivity index is 2.05. The molecule has 4 nitrogen and oxygen atoms in total. The van der Waals surface area contributed by atoms with Crippen LogP contribution in [0.2, 0.25) is 0 Å². The van der Waals surface area contributed by atoms with E-state index < -0.39 is 6.04 Å². The van der Waals surface area contributed by atoms with Gasteiger partial charge in [0, 0.05) is 22.0 Å². The molecule has 3 aromatic rings. The Morgan fingerprint density at radius 2 is 2.05 bits per heavy atom. The number of aromatic nitrogens is 2. The van der Waals surface area contributed by atoms with Crippen LogP contribution in [0.25, 0.3) is 10.1 Å². The van der Waals surface area contributed by atoms with E-state index in [1.54, 1.807) is 18.5 Å². The first-order valence-electron chi connectivity index (χ1n) is 5.98. The second kappa shape index (κ2) is 5.15. The number of nitrogens with two attached hydrogens (primary N) is 1. The fraction of sp³-hybridized carbons (Fsp3) is 0.143. The standard InChI is InChI=1S/C14H12FN3OS/c1-19-14-13(17-4-5-18-14)12(16)11-7-8-6-9(15)2-3-10(8)20-11/h2-7,12H,16H2,1H3. The monoisotopic (exact) mass is 289 g/mol.